The van der Waals surface area contributed by atoms with E-state index in [4.69, 9.17) is 10.4 Å². The molecule has 0 unspecified atom stereocenters. The van der Waals surface area contributed by atoms with Crippen LogP contribution in [0, 0.1) is 18.3 Å². The second-order valence-electron chi connectivity index (χ2n) is 4.10. The van der Waals surface area contributed by atoms with Crippen LogP contribution in [0.2, 0.25) is 0 Å². The summed E-state index contributed by atoms with van der Waals surface area (Å²) in [6.45, 7) is 4.42. The average molecular weight is 202 g/mol. The highest BCUT2D eigenvalue weighted by Gasteiger charge is 2.24. The van der Waals surface area contributed by atoms with Gasteiger partial charge in [-0.15, -0.1) is 0 Å². The summed E-state index contributed by atoms with van der Waals surface area (Å²) in [7, 11) is 0. The third-order valence-electron chi connectivity index (χ3n) is 2.80. The highest BCUT2D eigenvalue weighted by atomic mass is 16.3. The quantitative estimate of drug-likeness (QED) is 0.779. The summed E-state index contributed by atoms with van der Waals surface area (Å²) in [5, 5.41) is 17.9. The van der Waals surface area contributed by atoms with Crippen LogP contribution in [0.4, 0.5) is 0 Å². The van der Waals surface area contributed by atoms with E-state index in [0.29, 0.717) is 5.56 Å². The smallest absolute Gasteiger partial charge is 0.0991 e. The van der Waals surface area contributed by atoms with Gasteiger partial charge in [-0.25, -0.2) is 0 Å². The predicted octanol–water partition coefficient (Wildman–Crippen LogP) is 1.04. The van der Waals surface area contributed by atoms with E-state index >= 15 is 0 Å². The molecule has 0 saturated carbocycles. The normalized spacial score (nSPS) is 17.1. The molecule has 0 aromatic heterocycles. The molecule has 0 atom stereocenters. The van der Waals surface area contributed by atoms with Gasteiger partial charge in [-0.1, -0.05) is 6.07 Å². The largest absolute Gasteiger partial charge is 0.390 e. The molecule has 1 fully saturated rings. The number of nitrogens with zero attached hydrogens (tertiary/aromatic N) is 2. The van der Waals surface area contributed by atoms with E-state index in [-0.39, 0.29) is 6.10 Å². The average Bonchev–Trinajstić information content (AvgIpc) is 2.18. The fourth-order valence-corrected chi connectivity index (χ4v) is 1.86. The lowest BCUT2D eigenvalue weighted by molar-refractivity contribution is -0.00296. The molecule has 3 nitrogen and oxygen atoms in total. The molecule has 2 rings (SSSR count). The Morgan fingerprint density at radius 1 is 1.53 bits per heavy atom. The molecular formula is C12H14N2O. The summed E-state index contributed by atoms with van der Waals surface area (Å²) in [6, 6.07) is 7.88. The highest BCUT2D eigenvalue weighted by Crippen LogP contribution is 2.17. The zero-order valence-electron chi connectivity index (χ0n) is 8.77. The fraction of sp³-hybridized carbons (Fsp3) is 0.417. The standard InChI is InChI=1S/C12H14N2O/c1-9-4-10(5-13)2-3-11(9)6-14-7-12(15)8-14/h2-4,12,15H,6-8H2,1H3. The Labute approximate surface area is 89.6 Å². The minimum Gasteiger partial charge on any atom is -0.390 e. The van der Waals surface area contributed by atoms with Crippen LogP contribution in [0.25, 0.3) is 0 Å². The van der Waals surface area contributed by atoms with Crippen molar-refractivity contribution in [2.45, 2.75) is 19.6 Å². The summed E-state index contributed by atoms with van der Waals surface area (Å²) in [5.74, 6) is 0. The summed E-state index contributed by atoms with van der Waals surface area (Å²) in [5.41, 5.74) is 3.09. The lowest BCUT2D eigenvalue weighted by Crippen LogP contribution is -2.49. The van der Waals surface area contributed by atoms with E-state index in [1.165, 1.54) is 5.56 Å². The van der Waals surface area contributed by atoms with Crippen LogP contribution >= 0.6 is 0 Å². The first-order chi connectivity index (χ1) is 7.19. The van der Waals surface area contributed by atoms with Crippen molar-refractivity contribution in [1.29, 1.82) is 5.26 Å². The zero-order chi connectivity index (χ0) is 10.8. The lowest BCUT2D eigenvalue weighted by atomic mass is 10.0. The Balaban J connectivity index is 2.06. The molecule has 0 spiro atoms. The van der Waals surface area contributed by atoms with E-state index in [2.05, 4.69) is 11.0 Å². The first-order valence-electron chi connectivity index (χ1n) is 5.09. The molecule has 1 N–H and O–H groups in total. The van der Waals surface area contributed by atoms with Gasteiger partial charge in [0.05, 0.1) is 17.7 Å². The fourth-order valence-electron chi connectivity index (χ4n) is 1.86. The van der Waals surface area contributed by atoms with Gasteiger partial charge in [-0.05, 0) is 30.2 Å². The first kappa shape index (κ1) is 10.2. The van der Waals surface area contributed by atoms with Gasteiger partial charge in [0.25, 0.3) is 0 Å². The predicted molar refractivity (Wildman–Crippen MR) is 57.2 cm³/mol. The molecule has 0 radical (unpaired) electrons. The van der Waals surface area contributed by atoms with Crippen LogP contribution in [0.15, 0.2) is 18.2 Å². The van der Waals surface area contributed by atoms with Gasteiger partial charge in [-0.3, -0.25) is 4.90 Å². The molecule has 1 aliphatic rings. The Kier molecular flexibility index (Phi) is 2.72. The Hall–Kier alpha value is -1.37. The summed E-state index contributed by atoms with van der Waals surface area (Å²) >= 11 is 0. The summed E-state index contributed by atoms with van der Waals surface area (Å²) < 4.78 is 0. The first-order valence-corrected chi connectivity index (χ1v) is 5.09. The number of likely N-dealkylation sites (tertiary alicyclic amines) is 1. The second kappa shape index (κ2) is 4.01. The van der Waals surface area contributed by atoms with Gasteiger partial charge in [0.1, 0.15) is 0 Å². The van der Waals surface area contributed by atoms with Crippen molar-refractivity contribution < 1.29 is 5.11 Å². The van der Waals surface area contributed by atoms with E-state index in [0.717, 1.165) is 25.2 Å². The summed E-state index contributed by atoms with van der Waals surface area (Å²) in [6.07, 6.45) is -0.149. The van der Waals surface area contributed by atoms with Crippen molar-refractivity contribution in [1.82, 2.24) is 4.90 Å². The molecule has 0 aliphatic carbocycles. The van der Waals surface area contributed by atoms with Crippen LogP contribution < -0.4 is 0 Å². The number of aliphatic hydroxyl groups excluding tert-OH is 1. The Bertz CT molecular complexity index is 403. The van der Waals surface area contributed by atoms with Crippen molar-refractivity contribution in [3.63, 3.8) is 0 Å². The molecule has 1 aromatic rings. The molecule has 1 heterocycles. The molecule has 3 heteroatoms. The SMILES string of the molecule is Cc1cc(C#N)ccc1CN1CC(O)C1. The third-order valence-corrected chi connectivity index (χ3v) is 2.80. The van der Waals surface area contributed by atoms with Crippen LogP contribution in [0.3, 0.4) is 0 Å². The molecule has 78 valence electrons. The van der Waals surface area contributed by atoms with E-state index in [1.54, 1.807) is 0 Å². The molecule has 0 bridgehead atoms. The van der Waals surface area contributed by atoms with Gasteiger partial charge < -0.3 is 5.11 Å². The number of aryl methyl sites for hydroxylation is 1. The number of rotatable bonds is 2. The Morgan fingerprint density at radius 3 is 2.80 bits per heavy atom. The molecule has 0 amide bonds. The molecule has 1 aliphatic heterocycles. The third kappa shape index (κ3) is 2.17. The van der Waals surface area contributed by atoms with Gasteiger partial charge in [-0.2, -0.15) is 5.26 Å². The maximum atomic E-state index is 9.16. The highest BCUT2D eigenvalue weighted by molar-refractivity contribution is 5.37. The van der Waals surface area contributed by atoms with Gasteiger partial charge >= 0.3 is 0 Å². The number of hydrogen-bond donors (Lipinski definition) is 1. The van der Waals surface area contributed by atoms with Crippen molar-refractivity contribution >= 4 is 0 Å². The van der Waals surface area contributed by atoms with Crippen LogP contribution in [-0.2, 0) is 6.54 Å². The lowest BCUT2D eigenvalue weighted by Gasteiger charge is -2.36. The van der Waals surface area contributed by atoms with Gasteiger partial charge in [0.2, 0.25) is 0 Å². The van der Waals surface area contributed by atoms with Crippen molar-refractivity contribution in [3.8, 4) is 6.07 Å². The maximum absolute atomic E-state index is 9.16. The van der Waals surface area contributed by atoms with Crippen LogP contribution in [-0.4, -0.2) is 29.2 Å². The van der Waals surface area contributed by atoms with E-state index in [9.17, 15) is 0 Å². The molecule has 1 aromatic carbocycles. The van der Waals surface area contributed by atoms with Crippen molar-refractivity contribution in [3.05, 3.63) is 34.9 Å². The minimum atomic E-state index is -0.149. The monoisotopic (exact) mass is 202 g/mol. The van der Waals surface area contributed by atoms with Crippen LogP contribution in [0.5, 0.6) is 0 Å². The second-order valence-corrected chi connectivity index (χ2v) is 4.10. The maximum Gasteiger partial charge on any atom is 0.0991 e. The number of benzene rings is 1. The topological polar surface area (TPSA) is 47.3 Å². The van der Waals surface area contributed by atoms with Crippen LogP contribution in [0.1, 0.15) is 16.7 Å². The van der Waals surface area contributed by atoms with Crippen molar-refractivity contribution in [2.24, 2.45) is 0 Å². The summed E-state index contributed by atoms with van der Waals surface area (Å²) in [4.78, 5) is 2.19. The molecule has 15 heavy (non-hydrogen) atoms. The number of β-amino-alcohol motifs (C(OH)–C–C–N with tert-alkyl or cyclic N) is 1. The van der Waals surface area contributed by atoms with E-state index < -0.39 is 0 Å². The van der Waals surface area contributed by atoms with Gasteiger partial charge in [0.15, 0.2) is 0 Å². The van der Waals surface area contributed by atoms with Gasteiger partial charge in [0, 0.05) is 19.6 Å². The molecular weight excluding hydrogens is 188 g/mol. The zero-order valence-corrected chi connectivity index (χ0v) is 8.77. The van der Waals surface area contributed by atoms with Crippen molar-refractivity contribution in [2.75, 3.05) is 13.1 Å². The number of hydrogen-bond acceptors (Lipinski definition) is 3. The van der Waals surface area contributed by atoms with E-state index in [1.807, 2.05) is 25.1 Å². The Morgan fingerprint density at radius 2 is 2.27 bits per heavy atom. The number of nitriles is 1. The minimum absolute atomic E-state index is 0.149. The molecule has 1 saturated heterocycles. The number of aliphatic hydroxyl groups is 1.